The van der Waals surface area contributed by atoms with Crippen LogP contribution >= 0.6 is 9.39 Å². The molecule has 1 saturated heterocycles. The second kappa shape index (κ2) is 2.98. The van der Waals surface area contributed by atoms with Crippen LogP contribution in [0.4, 0.5) is 0 Å². The number of carbonyl (C=O) groups excluding carboxylic acids is 1. The van der Waals surface area contributed by atoms with Gasteiger partial charge in [0.1, 0.15) is 5.78 Å². The molecule has 0 aromatic carbocycles. The van der Waals surface area contributed by atoms with Gasteiger partial charge in [-0.05, 0) is 0 Å². The SMILES string of the molecule is C[C@@H]1CN(P)C[C@H](C)C1=O. The van der Waals surface area contributed by atoms with Crippen molar-refractivity contribution in [2.75, 3.05) is 13.1 Å². The zero-order valence-corrected chi connectivity index (χ0v) is 7.66. The quantitative estimate of drug-likeness (QED) is 0.490. The van der Waals surface area contributed by atoms with Crippen LogP contribution in [0, 0.1) is 11.8 Å². The van der Waals surface area contributed by atoms with Gasteiger partial charge in [0.05, 0.1) is 0 Å². The van der Waals surface area contributed by atoms with Crippen molar-refractivity contribution in [2.45, 2.75) is 13.8 Å². The van der Waals surface area contributed by atoms with Crippen molar-refractivity contribution in [1.29, 1.82) is 0 Å². The number of carbonyl (C=O) groups is 1. The van der Waals surface area contributed by atoms with E-state index in [2.05, 4.69) is 14.1 Å². The van der Waals surface area contributed by atoms with Crippen molar-refractivity contribution in [3.8, 4) is 0 Å². The predicted molar refractivity (Wildman–Crippen MR) is 44.6 cm³/mol. The number of hydrogen-bond acceptors (Lipinski definition) is 2. The van der Waals surface area contributed by atoms with Crippen LogP contribution in [0.3, 0.4) is 0 Å². The van der Waals surface area contributed by atoms with Crippen molar-refractivity contribution in [1.82, 2.24) is 4.67 Å². The van der Waals surface area contributed by atoms with Crippen LogP contribution in [0.2, 0.25) is 0 Å². The summed E-state index contributed by atoms with van der Waals surface area (Å²) in [4.78, 5) is 11.2. The highest BCUT2D eigenvalue weighted by Gasteiger charge is 2.27. The molecule has 1 unspecified atom stereocenters. The lowest BCUT2D eigenvalue weighted by Crippen LogP contribution is -2.39. The van der Waals surface area contributed by atoms with Gasteiger partial charge in [-0.15, -0.1) is 0 Å². The minimum absolute atomic E-state index is 0.223. The van der Waals surface area contributed by atoms with Crippen LogP contribution < -0.4 is 0 Å². The summed E-state index contributed by atoms with van der Waals surface area (Å²) in [5, 5.41) is 0. The average Bonchev–Trinajstić information content (AvgIpc) is 1.82. The van der Waals surface area contributed by atoms with Gasteiger partial charge in [0.15, 0.2) is 0 Å². The first-order valence-corrected chi connectivity index (χ1v) is 4.16. The van der Waals surface area contributed by atoms with Gasteiger partial charge in [0.2, 0.25) is 0 Å². The maximum Gasteiger partial charge on any atom is 0.141 e. The summed E-state index contributed by atoms with van der Waals surface area (Å²) in [5.74, 6) is 0.862. The predicted octanol–water partition coefficient (Wildman–Crippen LogP) is 0.933. The van der Waals surface area contributed by atoms with E-state index in [1.165, 1.54) is 0 Å². The molecule has 0 bridgehead atoms. The Bertz CT molecular complexity index is 135. The summed E-state index contributed by atoms with van der Waals surface area (Å²) in [5.41, 5.74) is 0. The average molecular weight is 159 g/mol. The van der Waals surface area contributed by atoms with E-state index in [0.29, 0.717) is 5.78 Å². The zero-order valence-electron chi connectivity index (χ0n) is 6.50. The monoisotopic (exact) mass is 159 g/mol. The summed E-state index contributed by atoms with van der Waals surface area (Å²) >= 11 is 0. The fourth-order valence-corrected chi connectivity index (χ4v) is 2.08. The van der Waals surface area contributed by atoms with Gasteiger partial charge < -0.3 is 0 Å². The lowest BCUT2D eigenvalue weighted by Gasteiger charge is -2.30. The molecule has 2 nitrogen and oxygen atoms in total. The Morgan fingerprint density at radius 3 is 2.20 bits per heavy atom. The van der Waals surface area contributed by atoms with E-state index in [9.17, 15) is 4.79 Å². The van der Waals surface area contributed by atoms with Crippen LogP contribution in [-0.4, -0.2) is 23.5 Å². The fraction of sp³-hybridized carbons (Fsp3) is 0.857. The summed E-state index contributed by atoms with van der Waals surface area (Å²) in [6, 6.07) is 0. The van der Waals surface area contributed by atoms with Gasteiger partial charge in [-0.25, -0.2) is 0 Å². The highest BCUT2D eigenvalue weighted by atomic mass is 31.0. The third-order valence-electron chi connectivity index (χ3n) is 1.99. The molecule has 1 fully saturated rings. The molecule has 0 aromatic rings. The molecule has 0 aliphatic carbocycles. The van der Waals surface area contributed by atoms with Crippen LogP contribution in [0.5, 0.6) is 0 Å². The van der Waals surface area contributed by atoms with Gasteiger partial charge in [-0.2, -0.15) is 0 Å². The Morgan fingerprint density at radius 2 is 1.80 bits per heavy atom. The third kappa shape index (κ3) is 1.56. The number of rotatable bonds is 0. The van der Waals surface area contributed by atoms with E-state index >= 15 is 0 Å². The number of piperidine rings is 1. The molecule has 0 radical (unpaired) electrons. The Labute approximate surface area is 64.2 Å². The maximum absolute atomic E-state index is 11.2. The van der Waals surface area contributed by atoms with E-state index in [-0.39, 0.29) is 11.8 Å². The molecule has 0 aromatic heterocycles. The molecule has 0 N–H and O–H groups in total. The Hall–Kier alpha value is 0.0600. The molecule has 1 aliphatic heterocycles. The number of Topliss-reactive ketones (excluding diaryl/α,β-unsaturated/α-hetero) is 1. The fourth-order valence-electron chi connectivity index (χ4n) is 1.44. The third-order valence-corrected chi connectivity index (χ3v) is 2.41. The minimum atomic E-state index is 0.223. The van der Waals surface area contributed by atoms with Crippen molar-refractivity contribution in [3.63, 3.8) is 0 Å². The van der Waals surface area contributed by atoms with E-state index < -0.39 is 0 Å². The Balaban J connectivity index is 2.57. The summed E-state index contributed by atoms with van der Waals surface area (Å²) in [6.07, 6.45) is 0. The topological polar surface area (TPSA) is 20.3 Å². The second-order valence-electron chi connectivity index (χ2n) is 3.16. The van der Waals surface area contributed by atoms with E-state index in [0.717, 1.165) is 13.1 Å². The minimum Gasteiger partial charge on any atom is -0.299 e. The van der Waals surface area contributed by atoms with Crippen LogP contribution in [0.1, 0.15) is 13.8 Å². The molecular weight excluding hydrogens is 145 g/mol. The van der Waals surface area contributed by atoms with Crippen LogP contribution in [0.15, 0.2) is 0 Å². The lowest BCUT2D eigenvalue weighted by atomic mass is 9.92. The van der Waals surface area contributed by atoms with Crippen molar-refractivity contribution in [3.05, 3.63) is 0 Å². The summed E-state index contributed by atoms with van der Waals surface area (Å²) in [7, 11) is 2.65. The molecule has 0 saturated carbocycles. The van der Waals surface area contributed by atoms with Crippen molar-refractivity contribution >= 4 is 15.2 Å². The maximum atomic E-state index is 11.2. The molecule has 0 spiro atoms. The molecule has 10 heavy (non-hydrogen) atoms. The van der Waals surface area contributed by atoms with Gasteiger partial charge in [-0.1, -0.05) is 23.2 Å². The van der Waals surface area contributed by atoms with Gasteiger partial charge in [0.25, 0.3) is 0 Å². The molecule has 3 heteroatoms. The molecule has 1 aliphatic rings. The lowest BCUT2D eigenvalue weighted by molar-refractivity contribution is -0.128. The summed E-state index contributed by atoms with van der Waals surface area (Å²) in [6.45, 7) is 5.78. The van der Waals surface area contributed by atoms with Gasteiger partial charge >= 0.3 is 0 Å². The van der Waals surface area contributed by atoms with Gasteiger partial charge in [0, 0.05) is 24.9 Å². The molecule has 0 amide bonds. The molecule has 3 atom stereocenters. The first-order chi connectivity index (χ1) is 4.61. The van der Waals surface area contributed by atoms with E-state index in [4.69, 9.17) is 0 Å². The molecule has 58 valence electrons. The van der Waals surface area contributed by atoms with Crippen LogP contribution in [-0.2, 0) is 4.79 Å². The normalized spacial score (nSPS) is 36.5. The molecular formula is C7H14NOP. The smallest absolute Gasteiger partial charge is 0.141 e. The van der Waals surface area contributed by atoms with Crippen molar-refractivity contribution < 1.29 is 4.79 Å². The number of hydrogen-bond donors (Lipinski definition) is 0. The number of nitrogens with zero attached hydrogens (tertiary/aromatic N) is 1. The standard InChI is InChI=1S/C7H14NOP/c1-5-3-8(10)4-6(2)7(5)9/h5-6H,3-4,10H2,1-2H3/t5-,6+. The first kappa shape index (κ1) is 8.16. The second-order valence-corrected chi connectivity index (χ2v) is 3.89. The Kier molecular flexibility index (Phi) is 2.43. The largest absolute Gasteiger partial charge is 0.299 e. The Morgan fingerprint density at radius 1 is 1.40 bits per heavy atom. The van der Waals surface area contributed by atoms with Crippen molar-refractivity contribution in [2.24, 2.45) is 11.8 Å². The first-order valence-electron chi connectivity index (χ1n) is 3.64. The highest BCUT2D eigenvalue weighted by molar-refractivity contribution is 7.13. The highest BCUT2D eigenvalue weighted by Crippen LogP contribution is 2.19. The van der Waals surface area contributed by atoms with Crippen LogP contribution in [0.25, 0.3) is 0 Å². The number of ketones is 1. The molecule has 1 rings (SSSR count). The molecule has 1 heterocycles. The van der Waals surface area contributed by atoms with E-state index in [1.54, 1.807) is 0 Å². The summed E-state index contributed by atoms with van der Waals surface area (Å²) < 4.78 is 2.14. The zero-order chi connectivity index (χ0) is 7.72. The van der Waals surface area contributed by atoms with E-state index in [1.807, 2.05) is 13.8 Å². The van der Waals surface area contributed by atoms with Gasteiger partial charge in [-0.3, -0.25) is 9.46 Å².